The fourth-order valence-electron chi connectivity index (χ4n) is 2.95. The molecule has 2 aliphatic rings. The van der Waals surface area contributed by atoms with Crippen LogP contribution < -0.4 is 0 Å². The van der Waals surface area contributed by atoms with E-state index in [2.05, 4.69) is 22.0 Å². The van der Waals surface area contributed by atoms with Crippen LogP contribution in [0.5, 0.6) is 0 Å². The number of hydrogen-bond acceptors (Lipinski definition) is 5. The molecule has 2 heterocycles. The second kappa shape index (κ2) is 8.06. The largest absolute Gasteiger partial charge is 0.396 e. The lowest BCUT2D eigenvalue weighted by Crippen LogP contribution is -2.35. The Balaban J connectivity index is 1.62. The number of carbonyl (C=O) groups excluding carboxylic acids is 2. The van der Waals surface area contributed by atoms with E-state index in [1.54, 1.807) is 43.5 Å². The number of imide groups is 1. The van der Waals surface area contributed by atoms with E-state index in [1.807, 2.05) is 0 Å². The Kier molecular flexibility index (Phi) is 5.32. The molecule has 6 nitrogen and oxygen atoms in total. The van der Waals surface area contributed by atoms with Gasteiger partial charge in [-0.05, 0) is 38.0 Å². The number of amides is 2. The molecule has 29 heavy (non-hydrogen) atoms. The van der Waals surface area contributed by atoms with Crippen LogP contribution >= 0.6 is 11.6 Å². The molecule has 0 radical (unpaired) electrons. The molecule has 1 saturated carbocycles. The predicted molar refractivity (Wildman–Crippen MR) is 109 cm³/mol. The number of rotatable bonds is 5. The zero-order valence-electron chi connectivity index (χ0n) is 15.8. The van der Waals surface area contributed by atoms with Crippen molar-refractivity contribution in [1.82, 2.24) is 9.88 Å². The lowest BCUT2D eigenvalue weighted by atomic mass is 10.1. The summed E-state index contributed by atoms with van der Waals surface area (Å²) in [4.78, 5) is 36.1. The zero-order valence-corrected chi connectivity index (χ0v) is 16.6. The van der Waals surface area contributed by atoms with Crippen LogP contribution in [0.1, 0.15) is 51.7 Å². The lowest BCUT2D eigenvalue weighted by Gasteiger charge is -2.15. The molecular weight excluding hydrogens is 390 g/mol. The van der Waals surface area contributed by atoms with Gasteiger partial charge >= 0.3 is 0 Å². The fourth-order valence-corrected chi connectivity index (χ4v) is 3.23. The van der Waals surface area contributed by atoms with E-state index in [9.17, 15) is 9.59 Å². The SMILES string of the molecule is CCON=C(CN1C(=O)c2ccccc2C1=O)c1ncc(C#CC2CC2)cc1Cl. The molecule has 146 valence electrons. The number of oxime groups is 1. The minimum absolute atomic E-state index is 0.0911. The molecule has 4 rings (SSSR count). The van der Waals surface area contributed by atoms with Crippen molar-refractivity contribution in [3.63, 3.8) is 0 Å². The molecule has 1 aromatic carbocycles. The highest BCUT2D eigenvalue weighted by Crippen LogP contribution is 2.28. The van der Waals surface area contributed by atoms with Gasteiger partial charge in [-0.15, -0.1) is 0 Å². The van der Waals surface area contributed by atoms with Gasteiger partial charge in [0.15, 0.2) is 0 Å². The Morgan fingerprint density at radius 1 is 1.28 bits per heavy atom. The molecule has 0 bridgehead atoms. The van der Waals surface area contributed by atoms with E-state index >= 15 is 0 Å². The summed E-state index contributed by atoms with van der Waals surface area (Å²) in [6, 6.07) is 8.43. The number of halogens is 1. The molecular formula is C22H18ClN3O3. The number of carbonyl (C=O) groups is 2. The molecule has 0 N–H and O–H groups in total. The molecule has 2 aromatic rings. The van der Waals surface area contributed by atoms with Crippen molar-refractivity contribution < 1.29 is 14.4 Å². The van der Waals surface area contributed by atoms with Crippen molar-refractivity contribution in [3.05, 3.63) is 63.9 Å². The van der Waals surface area contributed by atoms with Crippen molar-refractivity contribution in [2.75, 3.05) is 13.2 Å². The van der Waals surface area contributed by atoms with Crippen molar-refractivity contribution in [3.8, 4) is 11.8 Å². The van der Waals surface area contributed by atoms with Gasteiger partial charge in [0, 0.05) is 17.7 Å². The van der Waals surface area contributed by atoms with Gasteiger partial charge in [0.25, 0.3) is 11.8 Å². The average Bonchev–Trinajstić information content (AvgIpc) is 3.53. The standard InChI is InChI=1S/C22H18ClN3O3/c1-2-29-25-19(13-26-21(27)16-5-3-4-6-17(16)22(26)28)20-18(23)11-15(12-24-20)10-9-14-7-8-14/h3-6,11-12,14H,2,7-8,13H2,1H3. The van der Waals surface area contributed by atoms with Crippen LogP contribution in [0.25, 0.3) is 0 Å². The van der Waals surface area contributed by atoms with Crippen molar-refractivity contribution >= 4 is 29.1 Å². The van der Waals surface area contributed by atoms with E-state index in [0.29, 0.717) is 45.6 Å². The first-order chi connectivity index (χ1) is 14.1. The Labute approximate surface area is 173 Å². The second-order valence-corrected chi connectivity index (χ2v) is 7.20. The number of benzene rings is 1. The van der Waals surface area contributed by atoms with Crippen LogP contribution in [0.2, 0.25) is 5.02 Å². The maximum absolute atomic E-state index is 12.7. The monoisotopic (exact) mass is 407 g/mol. The summed E-state index contributed by atoms with van der Waals surface area (Å²) >= 11 is 6.43. The summed E-state index contributed by atoms with van der Waals surface area (Å²) in [5, 5.41) is 4.41. The summed E-state index contributed by atoms with van der Waals surface area (Å²) in [7, 11) is 0. The minimum atomic E-state index is -0.377. The Morgan fingerprint density at radius 2 is 1.97 bits per heavy atom. The summed E-state index contributed by atoms with van der Waals surface area (Å²) in [6.07, 6.45) is 3.88. The summed E-state index contributed by atoms with van der Waals surface area (Å²) < 4.78 is 0. The molecule has 2 amide bonds. The van der Waals surface area contributed by atoms with Gasteiger partial charge in [-0.1, -0.05) is 40.7 Å². The first-order valence-electron chi connectivity index (χ1n) is 9.40. The summed E-state index contributed by atoms with van der Waals surface area (Å²) in [5.74, 6) is 5.95. The molecule has 1 fully saturated rings. The number of hydrogen-bond donors (Lipinski definition) is 0. The molecule has 0 saturated heterocycles. The van der Waals surface area contributed by atoms with Gasteiger partial charge in [0.05, 0.1) is 22.7 Å². The molecule has 0 unspecified atom stereocenters. The third kappa shape index (κ3) is 4.01. The fraction of sp³-hybridized carbons (Fsp3) is 0.273. The van der Waals surface area contributed by atoms with E-state index in [1.165, 1.54) is 0 Å². The Morgan fingerprint density at radius 3 is 2.55 bits per heavy atom. The maximum atomic E-state index is 12.7. The molecule has 0 spiro atoms. The van der Waals surface area contributed by atoms with Crippen LogP contribution in [0.3, 0.4) is 0 Å². The summed E-state index contributed by atoms with van der Waals surface area (Å²) in [6.45, 7) is 2.02. The van der Waals surface area contributed by atoms with E-state index in [-0.39, 0.29) is 18.4 Å². The van der Waals surface area contributed by atoms with Crippen molar-refractivity contribution in [1.29, 1.82) is 0 Å². The number of pyridine rings is 1. The van der Waals surface area contributed by atoms with Crippen molar-refractivity contribution in [2.45, 2.75) is 19.8 Å². The van der Waals surface area contributed by atoms with Gasteiger partial charge in [-0.3, -0.25) is 19.5 Å². The van der Waals surface area contributed by atoms with Crippen LogP contribution in [-0.4, -0.2) is 40.6 Å². The third-order valence-corrected chi connectivity index (χ3v) is 4.89. The molecule has 0 atom stereocenters. The van der Waals surface area contributed by atoms with Crippen LogP contribution in [0, 0.1) is 17.8 Å². The topological polar surface area (TPSA) is 71.9 Å². The highest BCUT2D eigenvalue weighted by molar-refractivity contribution is 6.34. The van der Waals surface area contributed by atoms with Crippen LogP contribution in [-0.2, 0) is 4.84 Å². The number of aromatic nitrogens is 1. The van der Waals surface area contributed by atoms with Gasteiger partial charge < -0.3 is 4.84 Å². The van der Waals surface area contributed by atoms with E-state index < -0.39 is 0 Å². The number of nitrogens with zero attached hydrogens (tertiary/aromatic N) is 3. The van der Waals surface area contributed by atoms with E-state index in [0.717, 1.165) is 17.7 Å². The molecule has 1 aliphatic carbocycles. The maximum Gasteiger partial charge on any atom is 0.261 e. The lowest BCUT2D eigenvalue weighted by molar-refractivity contribution is 0.0675. The van der Waals surface area contributed by atoms with Gasteiger partial charge in [0.1, 0.15) is 18.0 Å². The minimum Gasteiger partial charge on any atom is -0.396 e. The summed E-state index contributed by atoms with van der Waals surface area (Å²) in [5.41, 5.74) is 2.11. The quantitative estimate of drug-likeness (QED) is 0.329. The molecule has 7 heteroatoms. The molecule has 1 aliphatic heterocycles. The third-order valence-electron chi connectivity index (χ3n) is 4.60. The van der Waals surface area contributed by atoms with Gasteiger partial charge in [-0.25, -0.2) is 0 Å². The average molecular weight is 408 g/mol. The molecule has 1 aromatic heterocycles. The smallest absolute Gasteiger partial charge is 0.261 e. The number of fused-ring (bicyclic) bond motifs is 1. The first-order valence-corrected chi connectivity index (χ1v) is 9.77. The van der Waals surface area contributed by atoms with Gasteiger partial charge in [0.2, 0.25) is 0 Å². The van der Waals surface area contributed by atoms with Crippen molar-refractivity contribution in [2.24, 2.45) is 11.1 Å². The predicted octanol–water partition coefficient (Wildman–Crippen LogP) is 3.53. The van der Waals surface area contributed by atoms with E-state index in [4.69, 9.17) is 16.4 Å². The van der Waals surface area contributed by atoms with Gasteiger partial charge in [-0.2, -0.15) is 0 Å². The second-order valence-electron chi connectivity index (χ2n) is 6.80. The van der Waals surface area contributed by atoms with Crippen LogP contribution in [0.15, 0.2) is 41.7 Å². The highest BCUT2D eigenvalue weighted by Gasteiger charge is 2.36. The van der Waals surface area contributed by atoms with Crippen LogP contribution in [0.4, 0.5) is 0 Å². The first kappa shape index (κ1) is 19.2. The Bertz CT molecular complexity index is 1050. The Hall–Kier alpha value is -3.17. The highest BCUT2D eigenvalue weighted by atomic mass is 35.5. The zero-order chi connectivity index (χ0) is 20.4. The normalized spacial score (nSPS) is 15.8.